The van der Waals surface area contributed by atoms with Gasteiger partial charge in [-0.3, -0.25) is 24.6 Å². The number of nitrogens with one attached hydrogen (secondary N) is 1. The summed E-state index contributed by atoms with van der Waals surface area (Å²) in [6.45, 7) is 3.15. The fourth-order valence-corrected chi connectivity index (χ4v) is 4.65. The van der Waals surface area contributed by atoms with E-state index >= 15 is 0 Å². The summed E-state index contributed by atoms with van der Waals surface area (Å²) in [6.07, 6.45) is 0.455. The van der Waals surface area contributed by atoms with E-state index in [0.29, 0.717) is 24.6 Å². The first kappa shape index (κ1) is 20.6. The van der Waals surface area contributed by atoms with E-state index in [1.165, 1.54) is 16.5 Å². The molecule has 0 radical (unpaired) electrons. The van der Waals surface area contributed by atoms with Gasteiger partial charge in [-0.2, -0.15) is 0 Å². The summed E-state index contributed by atoms with van der Waals surface area (Å²) in [6, 6.07) is 12.4. The molecule has 3 aliphatic rings. The van der Waals surface area contributed by atoms with Crippen LogP contribution in [0.25, 0.3) is 0 Å². The van der Waals surface area contributed by atoms with Crippen molar-refractivity contribution < 1.29 is 23.5 Å². The third-order valence-electron chi connectivity index (χ3n) is 6.47. The van der Waals surface area contributed by atoms with Gasteiger partial charge in [0, 0.05) is 44.1 Å². The summed E-state index contributed by atoms with van der Waals surface area (Å²) in [5.41, 5.74) is 2.21. The van der Waals surface area contributed by atoms with Crippen molar-refractivity contribution in [3.8, 4) is 5.75 Å². The van der Waals surface area contributed by atoms with Crippen LogP contribution in [0, 0.1) is 5.82 Å². The summed E-state index contributed by atoms with van der Waals surface area (Å²) in [4.78, 5) is 39.9. The van der Waals surface area contributed by atoms with Crippen LogP contribution in [-0.2, 0) is 16.1 Å². The predicted octanol–water partition coefficient (Wildman–Crippen LogP) is 2.06. The van der Waals surface area contributed by atoms with E-state index in [0.717, 1.165) is 13.1 Å². The maximum absolute atomic E-state index is 14.6. The number of hydrogen-bond donors (Lipinski definition) is 1. The molecule has 7 nitrogen and oxygen atoms in total. The van der Waals surface area contributed by atoms with Crippen molar-refractivity contribution in [1.29, 1.82) is 0 Å². The summed E-state index contributed by atoms with van der Waals surface area (Å²) in [5, 5.41) is 2.26. The molecule has 0 saturated carbocycles. The number of rotatable bonds is 6. The molecule has 2 saturated heterocycles. The van der Waals surface area contributed by atoms with Crippen LogP contribution in [0.5, 0.6) is 5.75 Å². The third kappa shape index (κ3) is 3.86. The van der Waals surface area contributed by atoms with Crippen molar-refractivity contribution in [3.63, 3.8) is 0 Å². The number of carbonyl (C=O) groups is 3. The van der Waals surface area contributed by atoms with E-state index in [2.05, 4.69) is 22.3 Å². The van der Waals surface area contributed by atoms with E-state index in [1.54, 1.807) is 6.07 Å². The number of carbonyl (C=O) groups excluding carboxylic acids is 3. The Bertz CT molecular complexity index is 1070. The lowest BCUT2D eigenvalue weighted by atomic mass is 9.92. The maximum Gasteiger partial charge on any atom is 0.255 e. The van der Waals surface area contributed by atoms with Gasteiger partial charge in [-0.1, -0.05) is 30.3 Å². The minimum Gasteiger partial charge on any atom is -0.489 e. The highest BCUT2D eigenvalue weighted by Crippen LogP contribution is 2.32. The Morgan fingerprint density at radius 1 is 1.09 bits per heavy atom. The molecular weight excluding hydrogens is 413 g/mol. The van der Waals surface area contributed by atoms with Crippen LogP contribution in [0.15, 0.2) is 42.5 Å². The van der Waals surface area contributed by atoms with Crippen molar-refractivity contribution in [2.75, 3.05) is 26.2 Å². The van der Waals surface area contributed by atoms with Crippen LogP contribution in [0.1, 0.15) is 40.2 Å². The fourth-order valence-electron chi connectivity index (χ4n) is 4.65. The summed E-state index contributed by atoms with van der Waals surface area (Å²) in [7, 11) is 0. The predicted molar refractivity (Wildman–Crippen MR) is 114 cm³/mol. The van der Waals surface area contributed by atoms with Crippen LogP contribution in [0.2, 0.25) is 0 Å². The molecular formula is C24H24FN3O4. The Labute approximate surface area is 185 Å². The van der Waals surface area contributed by atoms with E-state index < -0.39 is 23.7 Å². The molecule has 0 aliphatic carbocycles. The molecule has 1 atom stereocenters. The monoisotopic (exact) mass is 437 g/mol. The van der Waals surface area contributed by atoms with Crippen molar-refractivity contribution in [1.82, 2.24) is 15.1 Å². The number of nitrogens with zero attached hydrogens (tertiary/aromatic N) is 2. The number of imide groups is 1. The molecule has 3 aliphatic heterocycles. The van der Waals surface area contributed by atoms with Crippen LogP contribution >= 0.6 is 0 Å². The van der Waals surface area contributed by atoms with Gasteiger partial charge in [0.15, 0.2) is 11.6 Å². The van der Waals surface area contributed by atoms with Gasteiger partial charge in [0.2, 0.25) is 11.8 Å². The van der Waals surface area contributed by atoms with E-state index in [4.69, 9.17) is 4.74 Å². The molecule has 5 rings (SSSR count). The van der Waals surface area contributed by atoms with Gasteiger partial charge >= 0.3 is 0 Å². The molecule has 3 amide bonds. The first-order valence-electron chi connectivity index (χ1n) is 10.9. The Morgan fingerprint density at radius 3 is 2.62 bits per heavy atom. The zero-order valence-corrected chi connectivity index (χ0v) is 17.6. The van der Waals surface area contributed by atoms with Crippen LogP contribution < -0.4 is 10.1 Å². The average Bonchev–Trinajstić information content (AvgIpc) is 3.05. The highest BCUT2D eigenvalue weighted by Gasteiger charge is 2.39. The molecule has 166 valence electrons. The first-order valence-corrected chi connectivity index (χ1v) is 10.9. The Morgan fingerprint density at radius 2 is 1.88 bits per heavy atom. The number of hydrogen-bond acceptors (Lipinski definition) is 5. The summed E-state index contributed by atoms with van der Waals surface area (Å²) < 4.78 is 20.3. The minimum absolute atomic E-state index is 0.113. The second kappa shape index (κ2) is 8.35. The van der Waals surface area contributed by atoms with Crippen LogP contribution in [0.3, 0.4) is 0 Å². The zero-order chi connectivity index (χ0) is 22.2. The molecule has 32 heavy (non-hydrogen) atoms. The molecule has 0 aromatic heterocycles. The Hall–Kier alpha value is -3.26. The van der Waals surface area contributed by atoms with E-state index in [1.807, 2.05) is 18.2 Å². The van der Waals surface area contributed by atoms with Gasteiger partial charge in [-0.15, -0.1) is 0 Å². The van der Waals surface area contributed by atoms with E-state index in [9.17, 15) is 18.8 Å². The fraction of sp³-hybridized carbons (Fsp3) is 0.375. The molecule has 0 bridgehead atoms. The number of halogens is 1. The van der Waals surface area contributed by atoms with Crippen LogP contribution in [-0.4, -0.2) is 59.8 Å². The second-order valence-electron chi connectivity index (χ2n) is 8.56. The topological polar surface area (TPSA) is 79.0 Å². The maximum atomic E-state index is 14.6. The number of fused-ring (bicyclic) bond motifs is 1. The zero-order valence-electron chi connectivity index (χ0n) is 17.6. The lowest BCUT2D eigenvalue weighted by molar-refractivity contribution is -0.136. The number of ether oxygens (including phenoxy) is 1. The Balaban J connectivity index is 1.17. The second-order valence-corrected chi connectivity index (χ2v) is 8.56. The highest BCUT2D eigenvalue weighted by atomic mass is 19.1. The van der Waals surface area contributed by atoms with Crippen LogP contribution in [0.4, 0.5) is 4.39 Å². The SMILES string of the molecule is O=C1CC[C@H](N2Cc3cc(OCCN4CC(c5ccccc5)C4)c(F)cc3C2=O)C(=O)N1. The largest absolute Gasteiger partial charge is 0.489 e. The highest BCUT2D eigenvalue weighted by molar-refractivity contribution is 6.05. The molecule has 8 heteroatoms. The molecule has 2 fully saturated rings. The molecule has 2 aromatic rings. The smallest absolute Gasteiger partial charge is 0.255 e. The molecule has 2 aromatic carbocycles. The average molecular weight is 437 g/mol. The Kier molecular flexibility index (Phi) is 5.38. The number of piperidine rings is 1. The van der Waals surface area contributed by atoms with Gasteiger partial charge in [0.25, 0.3) is 5.91 Å². The van der Waals surface area contributed by atoms with Gasteiger partial charge < -0.3 is 9.64 Å². The van der Waals surface area contributed by atoms with Crippen molar-refractivity contribution >= 4 is 17.7 Å². The molecule has 0 unspecified atom stereocenters. The van der Waals surface area contributed by atoms with Crippen molar-refractivity contribution in [2.24, 2.45) is 0 Å². The standard InChI is InChI=1S/C24H24FN3O4/c25-19-11-18-16(14-28(24(18)31)20-6-7-22(29)26-23(20)30)10-21(19)32-9-8-27-12-17(13-27)15-4-2-1-3-5-15/h1-5,10-11,17,20H,6-9,12-14H2,(H,26,29,30)/t20-/m0/s1. The van der Waals surface area contributed by atoms with E-state index in [-0.39, 0.29) is 36.6 Å². The normalized spacial score (nSPS) is 21.3. The van der Waals surface area contributed by atoms with Crippen molar-refractivity contribution in [3.05, 3.63) is 65.0 Å². The third-order valence-corrected chi connectivity index (χ3v) is 6.47. The van der Waals surface area contributed by atoms with Crippen molar-refractivity contribution in [2.45, 2.75) is 31.3 Å². The minimum atomic E-state index is -0.719. The van der Waals surface area contributed by atoms with Gasteiger partial charge in [0.1, 0.15) is 12.6 Å². The van der Waals surface area contributed by atoms with Gasteiger partial charge in [0.05, 0.1) is 0 Å². The number of benzene rings is 2. The lowest BCUT2D eigenvalue weighted by Crippen LogP contribution is -2.52. The lowest BCUT2D eigenvalue weighted by Gasteiger charge is -2.39. The first-order chi connectivity index (χ1) is 15.5. The van der Waals surface area contributed by atoms with Gasteiger partial charge in [-0.05, 0) is 29.7 Å². The number of likely N-dealkylation sites (tertiary alicyclic amines) is 1. The summed E-state index contributed by atoms with van der Waals surface area (Å²) >= 11 is 0. The quantitative estimate of drug-likeness (QED) is 0.700. The number of amides is 3. The molecule has 3 heterocycles. The summed E-state index contributed by atoms with van der Waals surface area (Å²) in [5.74, 6) is -1.17. The molecule has 1 N–H and O–H groups in total. The van der Waals surface area contributed by atoms with Gasteiger partial charge in [-0.25, -0.2) is 4.39 Å². The molecule has 0 spiro atoms.